The quantitative estimate of drug-likeness (QED) is 0.698. The number of nitrogen functional groups attached to an aromatic ring is 1. The van der Waals surface area contributed by atoms with Gasteiger partial charge >= 0.3 is 0 Å². The first kappa shape index (κ1) is 11.9. The number of aromatic nitrogens is 2. The molecule has 0 amide bonds. The maximum Gasteiger partial charge on any atom is 0.276 e. The van der Waals surface area contributed by atoms with Crippen molar-refractivity contribution >= 4 is 11.5 Å². The van der Waals surface area contributed by atoms with E-state index in [0.29, 0.717) is 11.9 Å². The van der Waals surface area contributed by atoms with Gasteiger partial charge < -0.3 is 16.0 Å². The summed E-state index contributed by atoms with van der Waals surface area (Å²) in [6.45, 7) is 5.23. The molecule has 0 aromatic carbocycles. The first-order valence-corrected chi connectivity index (χ1v) is 5.99. The van der Waals surface area contributed by atoms with Crippen LogP contribution >= 0.6 is 0 Å². The number of aromatic amines is 1. The van der Waals surface area contributed by atoms with E-state index in [0.717, 1.165) is 19.6 Å². The van der Waals surface area contributed by atoms with E-state index in [-0.39, 0.29) is 11.2 Å². The van der Waals surface area contributed by atoms with E-state index < -0.39 is 0 Å². The number of likely N-dealkylation sites (tertiary alicyclic amines) is 1. The molecule has 1 atom stereocenters. The van der Waals surface area contributed by atoms with E-state index >= 15 is 0 Å². The van der Waals surface area contributed by atoms with Gasteiger partial charge in [-0.3, -0.25) is 9.69 Å². The lowest BCUT2D eigenvalue weighted by Gasteiger charge is -2.24. The van der Waals surface area contributed by atoms with Gasteiger partial charge in [0, 0.05) is 12.6 Å². The van der Waals surface area contributed by atoms with E-state index in [1.807, 2.05) is 0 Å². The Kier molecular flexibility index (Phi) is 3.63. The summed E-state index contributed by atoms with van der Waals surface area (Å²) in [6, 6.07) is 0.429. The molecule has 1 aromatic heterocycles. The van der Waals surface area contributed by atoms with Gasteiger partial charge in [-0.25, -0.2) is 4.98 Å². The average Bonchev–Trinajstić information content (AvgIpc) is 2.84. The van der Waals surface area contributed by atoms with Gasteiger partial charge in [0.2, 0.25) is 0 Å². The van der Waals surface area contributed by atoms with Crippen LogP contribution in [0.15, 0.2) is 11.1 Å². The van der Waals surface area contributed by atoms with Crippen molar-refractivity contribution in [3.63, 3.8) is 0 Å². The largest absolute Gasteiger partial charge is 0.391 e. The topological polar surface area (TPSA) is 87.0 Å². The Morgan fingerprint density at radius 2 is 2.29 bits per heavy atom. The molecule has 1 aromatic rings. The fraction of sp³-hybridized carbons (Fsp3) is 0.636. The zero-order valence-corrected chi connectivity index (χ0v) is 10.1. The molecule has 0 bridgehead atoms. The molecule has 0 radical (unpaired) electrons. The summed E-state index contributed by atoms with van der Waals surface area (Å²) >= 11 is 0. The van der Waals surface area contributed by atoms with E-state index in [1.165, 1.54) is 19.2 Å². The number of hydrogen-bond acceptors (Lipinski definition) is 5. The van der Waals surface area contributed by atoms with Gasteiger partial charge in [-0.2, -0.15) is 0 Å². The van der Waals surface area contributed by atoms with E-state index in [4.69, 9.17) is 5.73 Å². The predicted molar refractivity (Wildman–Crippen MR) is 68.0 cm³/mol. The first-order chi connectivity index (χ1) is 8.18. The summed E-state index contributed by atoms with van der Waals surface area (Å²) in [5.74, 6) is 0.472. The number of nitrogens with two attached hydrogens (primary N) is 1. The lowest BCUT2D eigenvalue weighted by Crippen LogP contribution is -2.36. The van der Waals surface area contributed by atoms with Crippen LogP contribution < -0.4 is 16.6 Å². The molecular weight excluding hydrogens is 218 g/mol. The van der Waals surface area contributed by atoms with Crippen molar-refractivity contribution in [2.75, 3.05) is 30.7 Å². The van der Waals surface area contributed by atoms with Crippen molar-refractivity contribution in [3.05, 3.63) is 16.7 Å². The molecule has 6 heteroatoms. The number of anilines is 2. The second-order valence-electron chi connectivity index (χ2n) is 4.47. The second kappa shape index (κ2) is 5.18. The smallest absolute Gasteiger partial charge is 0.276 e. The second-order valence-corrected chi connectivity index (χ2v) is 4.47. The molecule has 1 aliphatic heterocycles. The Labute approximate surface area is 100 Å². The van der Waals surface area contributed by atoms with E-state index in [1.54, 1.807) is 0 Å². The highest BCUT2D eigenvalue weighted by Crippen LogP contribution is 2.13. The van der Waals surface area contributed by atoms with E-state index in [9.17, 15) is 4.79 Å². The SMILES string of the molecule is CC(CNc1nc[nH]c(=O)c1N)N1CCCC1. The third-order valence-electron chi connectivity index (χ3n) is 3.22. The fourth-order valence-electron chi connectivity index (χ4n) is 2.11. The lowest BCUT2D eigenvalue weighted by molar-refractivity contribution is 0.269. The summed E-state index contributed by atoms with van der Waals surface area (Å²) in [5.41, 5.74) is 5.50. The molecule has 0 aliphatic carbocycles. The molecule has 1 aliphatic rings. The Balaban J connectivity index is 1.93. The number of nitrogens with one attached hydrogen (secondary N) is 2. The molecular formula is C11H19N5O. The number of rotatable bonds is 4. The molecule has 17 heavy (non-hydrogen) atoms. The third-order valence-corrected chi connectivity index (χ3v) is 3.22. The van der Waals surface area contributed by atoms with Crippen molar-refractivity contribution in [3.8, 4) is 0 Å². The van der Waals surface area contributed by atoms with Gasteiger partial charge in [-0.05, 0) is 32.9 Å². The summed E-state index contributed by atoms with van der Waals surface area (Å²) in [6.07, 6.45) is 3.91. The summed E-state index contributed by atoms with van der Waals surface area (Å²) < 4.78 is 0. The first-order valence-electron chi connectivity index (χ1n) is 5.99. The van der Waals surface area contributed by atoms with Crippen LogP contribution in [-0.2, 0) is 0 Å². The molecule has 94 valence electrons. The van der Waals surface area contributed by atoms with Crippen LogP contribution in [0.1, 0.15) is 19.8 Å². The molecule has 1 unspecified atom stereocenters. The summed E-state index contributed by atoms with van der Waals surface area (Å²) in [4.78, 5) is 20.2. The normalized spacial score (nSPS) is 18.2. The van der Waals surface area contributed by atoms with Crippen molar-refractivity contribution < 1.29 is 0 Å². The van der Waals surface area contributed by atoms with Crippen LogP contribution in [0, 0.1) is 0 Å². The third kappa shape index (κ3) is 2.76. The van der Waals surface area contributed by atoms with Crippen LogP contribution in [0.5, 0.6) is 0 Å². The predicted octanol–water partition coefficient (Wildman–Crippen LogP) is 0.248. The Morgan fingerprint density at radius 3 is 3.00 bits per heavy atom. The molecule has 4 N–H and O–H groups in total. The standard InChI is InChI=1S/C11H19N5O/c1-8(16-4-2-3-5-16)6-13-10-9(12)11(17)15-7-14-10/h7-8H,2-6,12H2,1H3,(H2,13,14,15,17). The van der Waals surface area contributed by atoms with Gasteiger partial charge in [0.25, 0.3) is 5.56 Å². The zero-order valence-electron chi connectivity index (χ0n) is 10.1. The highest BCUT2D eigenvalue weighted by atomic mass is 16.1. The Morgan fingerprint density at radius 1 is 1.59 bits per heavy atom. The molecule has 2 heterocycles. The molecule has 0 saturated carbocycles. The van der Waals surface area contributed by atoms with Crippen molar-refractivity contribution in [1.82, 2.24) is 14.9 Å². The van der Waals surface area contributed by atoms with Crippen molar-refractivity contribution in [2.45, 2.75) is 25.8 Å². The van der Waals surface area contributed by atoms with Gasteiger partial charge in [0.05, 0.1) is 6.33 Å². The monoisotopic (exact) mass is 237 g/mol. The van der Waals surface area contributed by atoms with E-state index in [2.05, 4.69) is 27.1 Å². The molecule has 2 rings (SSSR count). The number of H-pyrrole nitrogens is 1. The number of nitrogens with zero attached hydrogens (tertiary/aromatic N) is 2. The highest BCUT2D eigenvalue weighted by Gasteiger charge is 2.18. The number of hydrogen-bond donors (Lipinski definition) is 3. The summed E-state index contributed by atoms with van der Waals surface area (Å²) in [7, 11) is 0. The van der Waals surface area contributed by atoms with Crippen LogP contribution in [0.2, 0.25) is 0 Å². The van der Waals surface area contributed by atoms with Gasteiger partial charge in [-0.1, -0.05) is 0 Å². The minimum Gasteiger partial charge on any atom is -0.391 e. The Bertz CT molecular complexity index is 424. The highest BCUT2D eigenvalue weighted by molar-refractivity contribution is 5.58. The lowest BCUT2D eigenvalue weighted by atomic mass is 10.3. The molecule has 1 saturated heterocycles. The maximum absolute atomic E-state index is 11.3. The van der Waals surface area contributed by atoms with Crippen LogP contribution in [-0.4, -0.2) is 40.5 Å². The molecule has 1 fully saturated rings. The summed E-state index contributed by atoms with van der Waals surface area (Å²) in [5, 5.41) is 3.13. The van der Waals surface area contributed by atoms with Crippen molar-refractivity contribution in [1.29, 1.82) is 0 Å². The maximum atomic E-state index is 11.3. The molecule has 6 nitrogen and oxygen atoms in total. The Hall–Kier alpha value is -1.56. The zero-order chi connectivity index (χ0) is 12.3. The average molecular weight is 237 g/mol. The van der Waals surface area contributed by atoms with Crippen LogP contribution in [0.25, 0.3) is 0 Å². The van der Waals surface area contributed by atoms with Gasteiger partial charge in [0.15, 0.2) is 5.82 Å². The minimum atomic E-state index is -0.295. The van der Waals surface area contributed by atoms with Gasteiger partial charge in [-0.15, -0.1) is 0 Å². The van der Waals surface area contributed by atoms with Crippen molar-refractivity contribution in [2.24, 2.45) is 0 Å². The minimum absolute atomic E-state index is 0.154. The fourth-order valence-corrected chi connectivity index (χ4v) is 2.11. The van der Waals surface area contributed by atoms with Crippen LogP contribution in [0.4, 0.5) is 11.5 Å². The van der Waals surface area contributed by atoms with Gasteiger partial charge in [0.1, 0.15) is 5.69 Å². The molecule has 0 spiro atoms. The van der Waals surface area contributed by atoms with Crippen LogP contribution in [0.3, 0.4) is 0 Å².